The van der Waals surface area contributed by atoms with Crippen molar-refractivity contribution in [3.05, 3.63) is 17.1 Å². The van der Waals surface area contributed by atoms with E-state index >= 15 is 0 Å². The maximum atomic E-state index is 4.86. The summed E-state index contributed by atoms with van der Waals surface area (Å²) in [5.41, 5.74) is 2.82. The summed E-state index contributed by atoms with van der Waals surface area (Å²) in [6.07, 6.45) is 10.8. The van der Waals surface area contributed by atoms with Crippen LogP contribution in [0.15, 0.2) is 0 Å². The Labute approximate surface area is 131 Å². The van der Waals surface area contributed by atoms with Gasteiger partial charge in [-0.3, -0.25) is 0 Å². The first-order valence-corrected chi connectivity index (χ1v) is 9.25. The zero-order valence-corrected chi connectivity index (χ0v) is 15.6. The number of unbranched alkanes of at least 4 members (excludes halogenated alkanes) is 3. The Morgan fingerprint density at radius 1 is 0.789 bits per heavy atom. The predicted molar refractivity (Wildman–Crippen MR) is 83.3 cm³/mol. The monoisotopic (exact) mass is 367 g/mol. The Kier molecular flexibility index (Phi) is 8.67. The number of aryl methyl sites for hydroxylation is 2. The summed E-state index contributed by atoms with van der Waals surface area (Å²) >= 11 is 1.45. The van der Waals surface area contributed by atoms with Gasteiger partial charge >= 0.3 is 132 Å². The van der Waals surface area contributed by atoms with Gasteiger partial charge in [-0.05, 0) is 0 Å². The van der Waals surface area contributed by atoms with Crippen LogP contribution in [0.4, 0.5) is 0 Å². The van der Waals surface area contributed by atoms with Gasteiger partial charge in [0.15, 0.2) is 0 Å². The van der Waals surface area contributed by atoms with Crippen molar-refractivity contribution < 1.29 is 0 Å². The van der Waals surface area contributed by atoms with E-state index in [1.54, 1.807) is 0 Å². The SMILES string of the molecule is CCCCc1n[c]([Sn])c(CCCC)c(CCCC)n1. The molecule has 0 fully saturated rings. The first kappa shape index (κ1) is 16.9. The quantitative estimate of drug-likeness (QED) is 0.627. The molecule has 0 atom stereocenters. The fourth-order valence-electron chi connectivity index (χ4n) is 2.20. The summed E-state index contributed by atoms with van der Waals surface area (Å²) < 4.78 is 1.31. The molecule has 2 nitrogen and oxygen atoms in total. The zero-order valence-electron chi connectivity index (χ0n) is 12.8. The number of hydrogen-bond donors (Lipinski definition) is 0. The van der Waals surface area contributed by atoms with Crippen LogP contribution < -0.4 is 3.71 Å². The summed E-state index contributed by atoms with van der Waals surface area (Å²) in [7, 11) is 0. The van der Waals surface area contributed by atoms with E-state index in [2.05, 4.69) is 20.8 Å². The molecule has 0 saturated carbocycles. The van der Waals surface area contributed by atoms with Gasteiger partial charge in [0.2, 0.25) is 0 Å². The van der Waals surface area contributed by atoms with E-state index in [1.165, 1.54) is 82.4 Å². The zero-order chi connectivity index (χ0) is 14.1. The van der Waals surface area contributed by atoms with E-state index < -0.39 is 0 Å². The Balaban J connectivity index is 2.92. The fraction of sp³-hybridized carbons (Fsp3) is 0.750. The number of hydrogen-bond acceptors (Lipinski definition) is 2. The molecule has 1 heterocycles. The van der Waals surface area contributed by atoms with Gasteiger partial charge in [-0.2, -0.15) is 0 Å². The van der Waals surface area contributed by atoms with Crippen molar-refractivity contribution in [3.8, 4) is 0 Å². The first-order chi connectivity index (χ1) is 9.22. The van der Waals surface area contributed by atoms with E-state index in [0.29, 0.717) is 0 Å². The summed E-state index contributed by atoms with van der Waals surface area (Å²) in [6.45, 7) is 6.74. The van der Waals surface area contributed by atoms with E-state index in [0.717, 1.165) is 18.7 Å². The first-order valence-electron chi connectivity index (χ1n) is 7.83. The molecule has 0 aliphatic rings. The Morgan fingerprint density at radius 3 is 2.00 bits per heavy atom. The molecular formula is C16H27N2Sn. The molecule has 105 valence electrons. The second kappa shape index (κ2) is 9.73. The van der Waals surface area contributed by atoms with Gasteiger partial charge in [-0.25, -0.2) is 0 Å². The molecule has 0 saturated heterocycles. The molecule has 19 heavy (non-hydrogen) atoms. The molecule has 0 unspecified atom stereocenters. The van der Waals surface area contributed by atoms with Crippen molar-refractivity contribution in [2.45, 2.75) is 78.6 Å². The van der Waals surface area contributed by atoms with Crippen LogP contribution in [0, 0.1) is 0 Å². The minimum atomic E-state index is 1.05. The van der Waals surface area contributed by atoms with Gasteiger partial charge in [0.1, 0.15) is 0 Å². The van der Waals surface area contributed by atoms with Gasteiger partial charge in [0.05, 0.1) is 0 Å². The number of rotatable bonds is 9. The standard InChI is InChI=1S/C16H27N2.Sn/c1-4-7-10-14-13-17-16(12-9-6-3)18-15(14)11-8-5-2;/h4-12H2,1-3H3;. The number of nitrogens with zero attached hydrogens (tertiary/aromatic N) is 2. The van der Waals surface area contributed by atoms with Crippen LogP contribution >= 0.6 is 0 Å². The molecule has 0 N–H and O–H groups in total. The predicted octanol–water partition coefficient (Wildman–Crippen LogP) is 3.30. The summed E-state index contributed by atoms with van der Waals surface area (Å²) in [5, 5.41) is 0. The van der Waals surface area contributed by atoms with Crippen LogP contribution in [-0.4, -0.2) is 32.5 Å². The molecule has 0 amide bonds. The van der Waals surface area contributed by atoms with Gasteiger partial charge in [0, 0.05) is 0 Å². The van der Waals surface area contributed by atoms with Gasteiger partial charge in [-0.1, -0.05) is 0 Å². The van der Waals surface area contributed by atoms with E-state index in [-0.39, 0.29) is 0 Å². The molecule has 0 aromatic carbocycles. The van der Waals surface area contributed by atoms with Crippen molar-refractivity contribution in [1.29, 1.82) is 0 Å². The third-order valence-electron chi connectivity index (χ3n) is 3.44. The Morgan fingerprint density at radius 2 is 1.37 bits per heavy atom. The molecule has 0 bridgehead atoms. The molecule has 0 spiro atoms. The molecule has 1 aromatic rings. The van der Waals surface area contributed by atoms with Crippen LogP contribution in [-0.2, 0) is 19.3 Å². The molecule has 1 rings (SSSR count). The molecule has 1 aromatic heterocycles. The summed E-state index contributed by atoms with van der Waals surface area (Å²) in [4.78, 5) is 9.63. The van der Waals surface area contributed by atoms with Gasteiger partial charge < -0.3 is 0 Å². The maximum absolute atomic E-state index is 4.86. The van der Waals surface area contributed by atoms with E-state index in [1.807, 2.05) is 0 Å². The average molecular weight is 366 g/mol. The van der Waals surface area contributed by atoms with Crippen molar-refractivity contribution in [2.75, 3.05) is 0 Å². The van der Waals surface area contributed by atoms with Crippen molar-refractivity contribution in [3.63, 3.8) is 0 Å². The third-order valence-corrected chi connectivity index (χ3v) is 4.62. The van der Waals surface area contributed by atoms with E-state index in [9.17, 15) is 0 Å². The Bertz CT molecular complexity index is 377. The average Bonchev–Trinajstić information content (AvgIpc) is 2.41. The van der Waals surface area contributed by atoms with Crippen molar-refractivity contribution in [2.24, 2.45) is 0 Å². The second-order valence-electron chi connectivity index (χ2n) is 5.22. The second-order valence-corrected chi connectivity index (χ2v) is 6.58. The molecule has 0 aliphatic carbocycles. The van der Waals surface area contributed by atoms with Gasteiger partial charge in [-0.15, -0.1) is 0 Å². The minimum absolute atomic E-state index is 1.05. The van der Waals surface area contributed by atoms with Crippen LogP contribution in [0.2, 0.25) is 0 Å². The van der Waals surface area contributed by atoms with Gasteiger partial charge in [0.25, 0.3) is 0 Å². The van der Waals surface area contributed by atoms with Crippen LogP contribution in [0.25, 0.3) is 0 Å². The summed E-state index contributed by atoms with van der Waals surface area (Å²) in [5.74, 6) is 1.08. The number of aromatic nitrogens is 2. The summed E-state index contributed by atoms with van der Waals surface area (Å²) in [6, 6.07) is 0. The van der Waals surface area contributed by atoms with Crippen molar-refractivity contribution in [1.82, 2.24) is 9.97 Å². The molecule has 3 heteroatoms. The van der Waals surface area contributed by atoms with Crippen LogP contribution in [0.5, 0.6) is 0 Å². The molecule has 3 radical (unpaired) electrons. The van der Waals surface area contributed by atoms with Crippen LogP contribution in [0.1, 0.15) is 76.4 Å². The molecular weight excluding hydrogens is 339 g/mol. The topological polar surface area (TPSA) is 25.8 Å². The molecule has 0 aliphatic heterocycles. The van der Waals surface area contributed by atoms with Crippen molar-refractivity contribution >= 4 is 26.2 Å². The Hall–Kier alpha value is -0.121. The van der Waals surface area contributed by atoms with E-state index in [4.69, 9.17) is 9.97 Å². The fourth-order valence-corrected chi connectivity index (χ4v) is 3.33. The normalized spacial score (nSPS) is 10.9. The third kappa shape index (κ3) is 5.80. The van der Waals surface area contributed by atoms with Crippen LogP contribution in [0.3, 0.4) is 0 Å².